The second-order valence-electron chi connectivity index (χ2n) is 7.55. The number of carbonyl (C=O) groups is 1. The number of rotatable bonds is 4. The molecule has 3 heterocycles. The highest BCUT2D eigenvalue weighted by atomic mass is 32.2. The van der Waals surface area contributed by atoms with Crippen LogP contribution in [0.4, 0.5) is 0 Å². The van der Waals surface area contributed by atoms with E-state index in [2.05, 4.69) is 26.9 Å². The Labute approximate surface area is 185 Å². The lowest BCUT2D eigenvalue weighted by Crippen LogP contribution is -2.47. The van der Waals surface area contributed by atoms with E-state index in [0.29, 0.717) is 11.7 Å². The highest BCUT2D eigenvalue weighted by Gasteiger charge is 2.28. The van der Waals surface area contributed by atoms with Gasteiger partial charge in [0.2, 0.25) is 6.79 Å². The highest BCUT2D eigenvalue weighted by Crippen LogP contribution is 2.33. The van der Waals surface area contributed by atoms with Crippen LogP contribution < -0.4 is 9.47 Å². The number of ether oxygens (including phenoxy) is 2. The number of hydrogen-bond acceptors (Lipinski definition) is 6. The summed E-state index contributed by atoms with van der Waals surface area (Å²) in [6.45, 7) is 4.74. The number of carbonyl (C=O) groups excluding carboxylic acids is 1. The Morgan fingerprint density at radius 3 is 2.65 bits per heavy atom. The summed E-state index contributed by atoms with van der Waals surface area (Å²) in [4.78, 5) is 21.9. The van der Waals surface area contributed by atoms with E-state index in [0.717, 1.165) is 55.0 Å². The Balaban J connectivity index is 1.14. The van der Waals surface area contributed by atoms with Crippen LogP contribution in [0.5, 0.6) is 11.5 Å². The molecule has 0 aliphatic carbocycles. The largest absolute Gasteiger partial charge is 0.454 e. The van der Waals surface area contributed by atoms with Crippen molar-refractivity contribution in [2.45, 2.75) is 6.54 Å². The number of fused-ring (bicyclic) bond motifs is 1. The maximum Gasteiger partial charge on any atom is 0.286 e. The van der Waals surface area contributed by atoms with Crippen LogP contribution >= 0.6 is 11.8 Å². The number of aliphatic imine (C=N–C) groups is 1. The monoisotopic (exact) mass is 433 g/mol. The minimum atomic E-state index is -0.152. The van der Waals surface area contributed by atoms with Crippen molar-refractivity contribution in [3.05, 3.63) is 76.7 Å². The molecule has 0 spiro atoms. The van der Waals surface area contributed by atoms with E-state index in [-0.39, 0.29) is 5.91 Å². The van der Waals surface area contributed by atoms with E-state index in [4.69, 9.17) is 9.47 Å². The minimum Gasteiger partial charge on any atom is -0.454 e. The first-order chi connectivity index (χ1) is 15.2. The molecule has 0 unspecified atom stereocenters. The topological polar surface area (TPSA) is 54.4 Å². The molecule has 7 heteroatoms. The predicted octanol–water partition coefficient (Wildman–Crippen LogP) is 3.76. The molecule has 0 radical (unpaired) electrons. The first kappa shape index (κ1) is 19.9. The number of amides is 1. The van der Waals surface area contributed by atoms with Gasteiger partial charge in [-0.25, -0.2) is 0 Å². The normalized spacial score (nSPS) is 20.1. The standard InChI is InChI=1S/C24H23N3O3S/c28-23-22(8-4-7-18-5-2-1-3-6-18)31-24(25-23)27-13-11-26(12-14-27)16-19-9-10-20-21(15-19)30-17-29-20/h1-10,15H,11-14,16-17H2. The van der Waals surface area contributed by atoms with Crippen LogP contribution in [0.3, 0.4) is 0 Å². The molecule has 3 aliphatic rings. The van der Waals surface area contributed by atoms with Crippen LogP contribution in [0, 0.1) is 0 Å². The summed E-state index contributed by atoms with van der Waals surface area (Å²) >= 11 is 1.47. The van der Waals surface area contributed by atoms with Crippen molar-refractivity contribution in [3.8, 4) is 11.5 Å². The Kier molecular flexibility index (Phi) is 5.78. The third-order valence-electron chi connectivity index (χ3n) is 5.43. The van der Waals surface area contributed by atoms with E-state index in [9.17, 15) is 4.79 Å². The summed E-state index contributed by atoms with van der Waals surface area (Å²) in [6.07, 6.45) is 5.76. The second-order valence-corrected chi connectivity index (χ2v) is 8.56. The number of allylic oxidation sites excluding steroid dienone is 2. The van der Waals surface area contributed by atoms with Gasteiger partial charge in [0.05, 0.1) is 4.91 Å². The molecule has 2 aromatic rings. The van der Waals surface area contributed by atoms with E-state index in [1.807, 2.05) is 54.6 Å². The second kappa shape index (κ2) is 8.99. The molecule has 1 amide bonds. The third-order valence-corrected chi connectivity index (χ3v) is 6.49. The summed E-state index contributed by atoms with van der Waals surface area (Å²) < 4.78 is 10.9. The number of piperazine rings is 1. The van der Waals surface area contributed by atoms with Gasteiger partial charge in [0.1, 0.15) is 0 Å². The molecule has 158 valence electrons. The van der Waals surface area contributed by atoms with Gasteiger partial charge in [0, 0.05) is 32.7 Å². The number of hydrogen-bond donors (Lipinski definition) is 0. The summed E-state index contributed by atoms with van der Waals surface area (Å²) in [5.41, 5.74) is 2.32. The minimum absolute atomic E-state index is 0.152. The van der Waals surface area contributed by atoms with Gasteiger partial charge in [0.25, 0.3) is 5.91 Å². The molecule has 5 rings (SSSR count). The molecule has 0 aromatic heterocycles. The van der Waals surface area contributed by atoms with Crippen molar-refractivity contribution in [1.29, 1.82) is 0 Å². The van der Waals surface area contributed by atoms with Crippen LogP contribution in [0.25, 0.3) is 6.08 Å². The van der Waals surface area contributed by atoms with E-state index in [1.165, 1.54) is 17.3 Å². The lowest BCUT2D eigenvalue weighted by molar-refractivity contribution is -0.113. The number of benzene rings is 2. The number of amidine groups is 1. The molecule has 6 nitrogen and oxygen atoms in total. The van der Waals surface area contributed by atoms with Gasteiger partial charge >= 0.3 is 0 Å². The Bertz CT molecular complexity index is 1060. The van der Waals surface area contributed by atoms with Gasteiger partial charge in [-0.15, -0.1) is 0 Å². The van der Waals surface area contributed by atoms with Crippen molar-refractivity contribution >= 4 is 28.9 Å². The quantitative estimate of drug-likeness (QED) is 0.685. The van der Waals surface area contributed by atoms with E-state index >= 15 is 0 Å². The smallest absolute Gasteiger partial charge is 0.286 e. The van der Waals surface area contributed by atoms with Gasteiger partial charge in [0.15, 0.2) is 16.7 Å². The summed E-state index contributed by atoms with van der Waals surface area (Å²) in [7, 11) is 0. The predicted molar refractivity (Wildman–Crippen MR) is 123 cm³/mol. The van der Waals surface area contributed by atoms with E-state index in [1.54, 1.807) is 0 Å². The summed E-state index contributed by atoms with van der Waals surface area (Å²) in [5.74, 6) is 1.49. The van der Waals surface area contributed by atoms with Gasteiger partial charge in [-0.05, 0) is 41.1 Å². The molecule has 0 bridgehead atoms. The molecule has 2 aromatic carbocycles. The zero-order chi connectivity index (χ0) is 21.0. The fourth-order valence-electron chi connectivity index (χ4n) is 3.75. The van der Waals surface area contributed by atoms with Crippen molar-refractivity contribution in [2.24, 2.45) is 4.99 Å². The molecular weight excluding hydrogens is 410 g/mol. The summed E-state index contributed by atoms with van der Waals surface area (Å²) in [6, 6.07) is 16.2. The Hall–Kier alpha value is -3.03. The maximum absolute atomic E-state index is 12.3. The molecule has 0 N–H and O–H groups in total. The number of thioether (sulfide) groups is 1. The first-order valence-corrected chi connectivity index (χ1v) is 11.2. The van der Waals surface area contributed by atoms with Crippen LogP contribution in [0.15, 0.2) is 70.6 Å². The molecule has 0 atom stereocenters. The van der Waals surface area contributed by atoms with Crippen molar-refractivity contribution in [1.82, 2.24) is 9.80 Å². The van der Waals surface area contributed by atoms with Gasteiger partial charge in [-0.3, -0.25) is 9.69 Å². The fraction of sp³-hybridized carbons (Fsp3) is 0.250. The lowest BCUT2D eigenvalue weighted by Gasteiger charge is -2.35. The molecule has 31 heavy (non-hydrogen) atoms. The SMILES string of the molecule is O=C1N=C(N2CCN(Cc3ccc4c(c3)OCO4)CC2)SC1=CC=Cc1ccccc1. The zero-order valence-corrected chi connectivity index (χ0v) is 17.9. The summed E-state index contributed by atoms with van der Waals surface area (Å²) in [5, 5.41) is 0.812. The lowest BCUT2D eigenvalue weighted by atomic mass is 10.1. The maximum atomic E-state index is 12.3. The number of nitrogens with zero attached hydrogens (tertiary/aromatic N) is 3. The van der Waals surface area contributed by atoms with Gasteiger partial charge in [-0.2, -0.15) is 4.99 Å². The first-order valence-electron chi connectivity index (χ1n) is 10.3. The van der Waals surface area contributed by atoms with Crippen molar-refractivity contribution in [3.63, 3.8) is 0 Å². The molecule has 1 fully saturated rings. The Morgan fingerprint density at radius 2 is 1.81 bits per heavy atom. The van der Waals surface area contributed by atoms with Gasteiger partial charge in [-0.1, -0.05) is 48.6 Å². The average molecular weight is 434 g/mol. The molecule has 3 aliphatic heterocycles. The molecular formula is C24H23N3O3S. The average Bonchev–Trinajstić information content (AvgIpc) is 3.41. The third kappa shape index (κ3) is 4.68. The Morgan fingerprint density at radius 1 is 1.00 bits per heavy atom. The van der Waals surface area contributed by atoms with E-state index < -0.39 is 0 Å². The van der Waals surface area contributed by atoms with Crippen LogP contribution in [0.2, 0.25) is 0 Å². The zero-order valence-electron chi connectivity index (χ0n) is 17.1. The van der Waals surface area contributed by atoms with Crippen molar-refractivity contribution in [2.75, 3.05) is 33.0 Å². The van der Waals surface area contributed by atoms with Crippen LogP contribution in [-0.2, 0) is 11.3 Å². The molecule has 0 saturated carbocycles. The van der Waals surface area contributed by atoms with Crippen LogP contribution in [-0.4, -0.2) is 53.8 Å². The van der Waals surface area contributed by atoms with Gasteiger partial charge < -0.3 is 14.4 Å². The van der Waals surface area contributed by atoms with Crippen LogP contribution in [0.1, 0.15) is 11.1 Å². The molecule has 1 saturated heterocycles. The van der Waals surface area contributed by atoms with Crippen molar-refractivity contribution < 1.29 is 14.3 Å². The highest BCUT2D eigenvalue weighted by molar-refractivity contribution is 8.18. The fourth-order valence-corrected chi connectivity index (χ4v) is 4.67.